The fraction of sp³-hybridized carbons (Fsp3) is 0.174. The van der Waals surface area contributed by atoms with Crippen LogP contribution in [0.5, 0.6) is 10.9 Å². The smallest absolute Gasteiger partial charge is 0.279 e. The Morgan fingerprint density at radius 3 is 2.37 bits per heavy atom. The number of aromatic nitrogens is 1. The molecule has 1 aromatic heterocycles. The molecule has 0 aliphatic carbocycles. The van der Waals surface area contributed by atoms with Crippen LogP contribution in [0.15, 0.2) is 78.9 Å². The first-order chi connectivity index (χ1) is 13.1. The number of para-hydroxylation sites is 1. The summed E-state index contributed by atoms with van der Waals surface area (Å²) in [6.45, 7) is 1.87. The summed E-state index contributed by atoms with van der Waals surface area (Å²) in [5, 5.41) is 11.4. The molecule has 1 unspecified atom stereocenters. The summed E-state index contributed by atoms with van der Waals surface area (Å²) in [6.07, 6.45) is 1.46. The minimum atomic E-state index is -0.836. The van der Waals surface area contributed by atoms with Crippen molar-refractivity contribution in [3.63, 3.8) is 0 Å². The summed E-state index contributed by atoms with van der Waals surface area (Å²) < 4.78 is 7.01. The molecule has 1 atom stereocenters. The topological polar surface area (TPSA) is 42.4 Å². The SMILES string of the molecule is CC(O)(CCc1ccc(Oc2nc3ccccc3s2)cc1)c1ccccc1. The Morgan fingerprint density at radius 1 is 0.926 bits per heavy atom. The third-order valence-corrected chi connectivity index (χ3v) is 5.61. The standard InChI is InChI=1S/C23H21NO2S/c1-23(25,18-7-3-2-4-8-18)16-15-17-11-13-19(14-12-17)26-22-24-20-9-5-6-10-21(20)27-22/h2-14,25H,15-16H2,1H3. The Bertz CT molecular complexity index is 990. The van der Waals surface area contributed by atoms with Crippen LogP contribution in [-0.4, -0.2) is 10.1 Å². The van der Waals surface area contributed by atoms with Crippen LogP contribution in [0.2, 0.25) is 0 Å². The molecule has 0 radical (unpaired) electrons. The molecule has 4 rings (SSSR count). The summed E-state index contributed by atoms with van der Waals surface area (Å²) >= 11 is 1.54. The van der Waals surface area contributed by atoms with Gasteiger partial charge < -0.3 is 9.84 Å². The van der Waals surface area contributed by atoms with Crippen LogP contribution in [0.1, 0.15) is 24.5 Å². The molecule has 0 bridgehead atoms. The van der Waals surface area contributed by atoms with Crippen molar-refractivity contribution in [1.29, 1.82) is 0 Å². The van der Waals surface area contributed by atoms with Crippen molar-refractivity contribution in [1.82, 2.24) is 4.98 Å². The molecule has 0 saturated carbocycles. The third kappa shape index (κ3) is 4.18. The minimum Gasteiger partial charge on any atom is -0.431 e. The Kier molecular flexibility index (Phi) is 4.92. The molecule has 0 spiro atoms. The summed E-state index contributed by atoms with van der Waals surface area (Å²) in [6, 6.07) is 25.8. The highest BCUT2D eigenvalue weighted by Crippen LogP contribution is 2.31. The van der Waals surface area contributed by atoms with Gasteiger partial charge in [0.25, 0.3) is 5.19 Å². The molecule has 1 heterocycles. The van der Waals surface area contributed by atoms with Gasteiger partial charge >= 0.3 is 0 Å². The Morgan fingerprint density at radius 2 is 1.63 bits per heavy atom. The van der Waals surface area contributed by atoms with Crippen molar-refractivity contribution in [2.24, 2.45) is 0 Å². The zero-order valence-electron chi connectivity index (χ0n) is 15.1. The van der Waals surface area contributed by atoms with Gasteiger partial charge in [-0.25, -0.2) is 4.98 Å². The summed E-state index contributed by atoms with van der Waals surface area (Å²) in [5.74, 6) is 0.771. The lowest BCUT2D eigenvalue weighted by Crippen LogP contribution is -2.21. The molecule has 0 aliphatic heterocycles. The van der Waals surface area contributed by atoms with Gasteiger partial charge in [0.05, 0.1) is 15.8 Å². The fourth-order valence-electron chi connectivity index (χ4n) is 3.05. The first-order valence-electron chi connectivity index (χ1n) is 9.00. The lowest BCUT2D eigenvalue weighted by Gasteiger charge is -2.23. The molecular weight excluding hydrogens is 354 g/mol. The van der Waals surface area contributed by atoms with E-state index in [1.165, 1.54) is 5.56 Å². The Hall–Kier alpha value is -2.69. The maximum atomic E-state index is 10.7. The van der Waals surface area contributed by atoms with E-state index in [2.05, 4.69) is 4.98 Å². The zero-order valence-corrected chi connectivity index (χ0v) is 15.9. The number of hydrogen-bond donors (Lipinski definition) is 1. The van der Waals surface area contributed by atoms with Gasteiger partial charge in [0.1, 0.15) is 5.75 Å². The quantitative estimate of drug-likeness (QED) is 0.454. The molecule has 0 aliphatic rings. The van der Waals surface area contributed by atoms with E-state index in [1.807, 2.05) is 85.8 Å². The first kappa shape index (κ1) is 17.7. The van der Waals surface area contributed by atoms with Crippen LogP contribution < -0.4 is 4.74 Å². The van der Waals surface area contributed by atoms with E-state index in [0.717, 1.165) is 28.0 Å². The van der Waals surface area contributed by atoms with E-state index in [-0.39, 0.29) is 0 Å². The number of aryl methyl sites for hydroxylation is 1. The number of fused-ring (bicyclic) bond motifs is 1. The van der Waals surface area contributed by atoms with Crippen LogP contribution in [0.25, 0.3) is 10.2 Å². The number of thiazole rings is 1. The molecule has 3 nitrogen and oxygen atoms in total. The van der Waals surface area contributed by atoms with E-state index >= 15 is 0 Å². The van der Waals surface area contributed by atoms with Crippen LogP contribution >= 0.6 is 11.3 Å². The molecule has 27 heavy (non-hydrogen) atoms. The number of rotatable bonds is 6. The minimum absolute atomic E-state index is 0.649. The van der Waals surface area contributed by atoms with Crippen molar-refractivity contribution in [3.8, 4) is 10.9 Å². The summed E-state index contributed by atoms with van der Waals surface area (Å²) in [7, 11) is 0. The summed E-state index contributed by atoms with van der Waals surface area (Å²) in [4.78, 5) is 4.50. The van der Waals surface area contributed by atoms with Crippen LogP contribution in [0.3, 0.4) is 0 Å². The maximum Gasteiger partial charge on any atom is 0.279 e. The molecule has 1 N–H and O–H groups in total. The highest BCUT2D eigenvalue weighted by Gasteiger charge is 2.22. The Labute approximate surface area is 162 Å². The number of hydrogen-bond acceptors (Lipinski definition) is 4. The fourth-order valence-corrected chi connectivity index (χ4v) is 3.88. The van der Waals surface area contributed by atoms with Crippen molar-refractivity contribution in [2.75, 3.05) is 0 Å². The van der Waals surface area contributed by atoms with Gasteiger partial charge in [0.15, 0.2) is 0 Å². The monoisotopic (exact) mass is 375 g/mol. The molecule has 4 heteroatoms. The Balaban J connectivity index is 1.40. The average Bonchev–Trinajstić information content (AvgIpc) is 3.10. The van der Waals surface area contributed by atoms with Gasteiger partial charge in [-0.3, -0.25) is 0 Å². The molecule has 0 amide bonds. The number of benzene rings is 3. The van der Waals surface area contributed by atoms with Crippen molar-refractivity contribution >= 4 is 21.6 Å². The number of ether oxygens (including phenoxy) is 1. The number of aliphatic hydroxyl groups is 1. The van der Waals surface area contributed by atoms with Crippen molar-refractivity contribution < 1.29 is 9.84 Å². The predicted octanol–water partition coefficient (Wildman–Crippen LogP) is 5.93. The van der Waals surface area contributed by atoms with Gasteiger partial charge in [-0.15, -0.1) is 0 Å². The van der Waals surface area contributed by atoms with Gasteiger partial charge in [-0.05, 0) is 55.2 Å². The second-order valence-electron chi connectivity index (χ2n) is 6.83. The van der Waals surface area contributed by atoms with E-state index in [9.17, 15) is 5.11 Å². The molecule has 3 aromatic carbocycles. The van der Waals surface area contributed by atoms with E-state index in [4.69, 9.17) is 4.74 Å². The van der Waals surface area contributed by atoms with E-state index < -0.39 is 5.60 Å². The van der Waals surface area contributed by atoms with Crippen LogP contribution in [-0.2, 0) is 12.0 Å². The first-order valence-corrected chi connectivity index (χ1v) is 9.82. The zero-order chi connectivity index (χ0) is 18.7. The highest BCUT2D eigenvalue weighted by atomic mass is 32.1. The third-order valence-electron chi connectivity index (χ3n) is 4.70. The predicted molar refractivity (Wildman–Crippen MR) is 110 cm³/mol. The van der Waals surface area contributed by atoms with Crippen LogP contribution in [0.4, 0.5) is 0 Å². The second kappa shape index (κ2) is 7.51. The maximum absolute atomic E-state index is 10.7. The molecule has 0 saturated heterocycles. The van der Waals surface area contributed by atoms with E-state index in [0.29, 0.717) is 11.6 Å². The highest BCUT2D eigenvalue weighted by molar-refractivity contribution is 7.20. The molecule has 0 fully saturated rings. The van der Waals surface area contributed by atoms with Crippen molar-refractivity contribution in [3.05, 3.63) is 90.0 Å². The largest absolute Gasteiger partial charge is 0.431 e. The van der Waals surface area contributed by atoms with Crippen LogP contribution in [0, 0.1) is 0 Å². The molecule has 4 aromatic rings. The van der Waals surface area contributed by atoms with Gasteiger partial charge in [-0.1, -0.05) is 65.9 Å². The van der Waals surface area contributed by atoms with Gasteiger partial charge in [-0.2, -0.15) is 0 Å². The average molecular weight is 375 g/mol. The van der Waals surface area contributed by atoms with Gasteiger partial charge in [0.2, 0.25) is 0 Å². The molecule has 136 valence electrons. The lowest BCUT2D eigenvalue weighted by molar-refractivity contribution is 0.0480. The van der Waals surface area contributed by atoms with E-state index in [1.54, 1.807) is 11.3 Å². The summed E-state index contributed by atoms with van der Waals surface area (Å²) in [5.41, 5.74) is 2.23. The van der Waals surface area contributed by atoms with Crippen molar-refractivity contribution in [2.45, 2.75) is 25.4 Å². The number of nitrogens with zero attached hydrogens (tertiary/aromatic N) is 1. The molecular formula is C23H21NO2S. The van der Waals surface area contributed by atoms with Gasteiger partial charge in [0, 0.05) is 0 Å². The normalized spacial score (nSPS) is 13.4. The lowest BCUT2D eigenvalue weighted by atomic mass is 9.89. The second-order valence-corrected chi connectivity index (χ2v) is 7.83.